The number of Topliss-reactive ketones (excluding diaryl/α,β-unsaturated/α-hetero) is 2. The van der Waals surface area contributed by atoms with Gasteiger partial charge in [0.05, 0.1) is 78.3 Å². The van der Waals surface area contributed by atoms with Crippen molar-refractivity contribution in [2.45, 2.75) is 211 Å². The second kappa shape index (κ2) is 38.1. The van der Waals surface area contributed by atoms with Crippen molar-refractivity contribution >= 4 is 41.2 Å². The minimum Gasteiger partial charge on any atom is -0.493 e. The summed E-state index contributed by atoms with van der Waals surface area (Å²) >= 11 is 0. The molecular formula is C99H130F6N12O14. The van der Waals surface area contributed by atoms with Crippen LogP contribution in [0.15, 0.2) is 128 Å². The van der Waals surface area contributed by atoms with E-state index in [1.165, 1.54) is 49.4 Å². The number of nitrogens with zero attached hydrogens (tertiary/aromatic N) is 12. The first-order valence-corrected chi connectivity index (χ1v) is 45.1. The number of piperidine rings is 4. The number of esters is 1. The SMILES string of the molecule is CC(=O)c1ccc2n1CCN(C)C21CCN(C(=O)c2ccc(C(C)(C)O)c(C)c2)CC1.COC(=O)C1CN(C)C2(CCN(C(=O)c3ccc(OC(C)C)c(OC)c3)CC2)c2ccc(C(F)(F)F)n21.COc1ccc(C(=O)N2CCC3(CC2)c2ccc(C(=O)C(F)(F)F)n2CCN3C)cc1OC(C)C.Cc1cc(C(=O)N2CCC3(CC2)c2cccn2CCN3C)ccc1C(C)(C)O.[HH].[HH]. The van der Waals surface area contributed by atoms with Gasteiger partial charge >= 0.3 is 18.3 Å². The van der Waals surface area contributed by atoms with E-state index in [0.29, 0.717) is 135 Å². The van der Waals surface area contributed by atoms with Crippen molar-refractivity contribution in [1.29, 1.82) is 0 Å². The molecule has 8 aromatic rings. The first kappa shape index (κ1) is 97.8. The molecule has 12 heterocycles. The number of likely N-dealkylation sites (tertiary alicyclic amines) is 4. The van der Waals surface area contributed by atoms with E-state index in [-0.39, 0.29) is 67.8 Å². The molecule has 1 atom stereocenters. The fourth-order valence-corrected chi connectivity index (χ4v) is 21.2. The van der Waals surface area contributed by atoms with Gasteiger partial charge in [-0.25, -0.2) is 4.79 Å². The molecule has 4 aromatic heterocycles. The second-order valence-electron chi connectivity index (χ2n) is 37.7. The third kappa shape index (κ3) is 19.3. The fourth-order valence-electron chi connectivity index (χ4n) is 21.2. The number of halogens is 6. The van der Waals surface area contributed by atoms with Crippen LogP contribution in [0.2, 0.25) is 0 Å². The smallest absolute Gasteiger partial charge is 0.456 e. The third-order valence-electron chi connectivity index (χ3n) is 28.2. The number of carbonyl (C=O) groups is 7. The van der Waals surface area contributed by atoms with Crippen LogP contribution in [0.25, 0.3) is 0 Å². The van der Waals surface area contributed by atoms with Gasteiger partial charge in [-0.2, -0.15) is 26.3 Å². The summed E-state index contributed by atoms with van der Waals surface area (Å²) in [6.07, 6.45) is -1.99. The van der Waals surface area contributed by atoms with Crippen LogP contribution in [-0.2, 0) is 68.7 Å². The standard InChI is InChI=1S/C26H32F3N3O5.C25H30F3N3O4.C25H33N3O3.C23H31N3O2.2H2/c1-16(2)37-19-7-6-17(14-20(19)35-4)23(33)31-12-10-25(11-13-31)21-8-9-22(26(27,28)29)32(21)18(15-30(25)3)24(34)36-5;1-16(2)35-20-15-17(5-7-19(20)34-4)23(33)30-11-9-24(10-12-30)21-8-6-18(22(32)25(26,27)28)31(21)14-13-29(24)3;1-17-16-19(6-7-20(17)24(3,4)31)23(30)27-12-10-25(11-13-27)22-9-8-21(18(2)29)28(22)15-14-26(25)5;1-17-16-18(7-8-19(17)22(2,3)28)21(27)26-12-9-23(10-13-26)20-6-5-11-25(20)15-14-24(23)4;;/h6-9,14,16,18H,10-13,15H2,1-5H3;5-8,15-16H,9-14H2,1-4H3;6-9,16,31H,10-15H2,1-5H3;5-8,11,16,28H,9-10,12-15H2,1-4H3;2*1H. The lowest BCUT2D eigenvalue weighted by atomic mass is 9.80. The Bertz CT molecular complexity index is 5560. The van der Waals surface area contributed by atoms with Crippen molar-refractivity contribution in [3.63, 3.8) is 0 Å². The van der Waals surface area contributed by atoms with Crippen molar-refractivity contribution in [3.05, 3.63) is 212 Å². The van der Waals surface area contributed by atoms with E-state index in [2.05, 4.69) is 62.3 Å². The number of methoxy groups -OCH3 is 3. The molecule has 8 aliphatic rings. The fraction of sp³-hybridized carbons (Fsp3) is 0.525. The highest BCUT2D eigenvalue weighted by molar-refractivity contribution is 6.00. The highest BCUT2D eigenvalue weighted by atomic mass is 19.4. The van der Waals surface area contributed by atoms with E-state index < -0.39 is 58.1 Å². The van der Waals surface area contributed by atoms with E-state index in [0.717, 1.165) is 104 Å². The summed E-state index contributed by atoms with van der Waals surface area (Å²) in [7, 11) is 12.3. The Morgan fingerprint density at radius 3 is 1.20 bits per heavy atom. The van der Waals surface area contributed by atoms with Crippen molar-refractivity contribution in [1.82, 2.24) is 57.5 Å². The summed E-state index contributed by atoms with van der Waals surface area (Å²) in [5.41, 5.74) is 5.95. The maximum atomic E-state index is 13.9. The van der Waals surface area contributed by atoms with Crippen LogP contribution in [0.1, 0.15) is 236 Å². The number of likely N-dealkylation sites (N-methyl/N-ethyl adjacent to an activating group) is 4. The molecule has 4 saturated heterocycles. The highest BCUT2D eigenvalue weighted by Gasteiger charge is 2.54. The Morgan fingerprint density at radius 2 is 0.802 bits per heavy atom. The van der Waals surface area contributed by atoms with Gasteiger partial charge in [0.25, 0.3) is 29.4 Å². The zero-order valence-corrected chi connectivity index (χ0v) is 78.5. The summed E-state index contributed by atoms with van der Waals surface area (Å²) in [5.74, 6) is -0.625. The lowest BCUT2D eigenvalue weighted by Crippen LogP contribution is -2.58. The molecule has 131 heavy (non-hydrogen) atoms. The number of aromatic nitrogens is 4. The number of hydrogen-bond acceptors (Lipinski definition) is 18. The Balaban J connectivity index is 0.000000171. The van der Waals surface area contributed by atoms with Crippen molar-refractivity contribution in [2.75, 3.05) is 128 Å². The first-order valence-electron chi connectivity index (χ1n) is 45.1. The van der Waals surface area contributed by atoms with Gasteiger partial charge in [0.2, 0.25) is 0 Å². The van der Waals surface area contributed by atoms with Gasteiger partial charge in [-0.3, -0.25) is 48.4 Å². The molecule has 26 nitrogen and oxygen atoms in total. The Kier molecular flexibility index (Phi) is 28.4. The minimum absolute atomic E-state index is 0. The summed E-state index contributed by atoms with van der Waals surface area (Å²) in [5, 5.41) is 20.6. The van der Waals surface area contributed by atoms with E-state index in [1.54, 1.807) is 93.9 Å². The van der Waals surface area contributed by atoms with Crippen molar-refractivity contribution in [3.8, 4) is 23.0 Å². The Morgan fingerprint density at radius 1 is 0.427 bits per heavy atom. The molecule has 4 spiro atoms. The topological polar surface area (TPSA) is 252 Å². The van der Waals surface area contributed by atoms with Crippen LogP contribution in [0.3, 0.4) is 0 Å². The highest BCUT2D eigenvalue weighted by Crippen LogP contribution is 2.50. The molecule has 1 unspecified atom stereocenters. The molecule has 0 radical (unpaired) electrons. The number of ketones is 2. The molecule has 4 amide bonds. The van der Waals surface area contributed by atoms with Crippen LogP contribution in [0.5, 0.6) is 23.0 Å². The van der Waals surface area contributed by atoms with Crippen LogP contribution >= 0.6 is 0 Å². The van der Waals surface area contributed by atoms with Gasteiger partial charge < -0.3 is 71.8 Å². The molecule has 2 N–H and O–H groups in total. The second-order valence-corrected chi connectivity index (χ2v) is 37.7. The van der Waals surface area contributed by atoms with Gasteiger partial charge in [-0.1, -0.05) is 12.1 Å². The number of rotatable bonds is 15. The predicted octanol–water partition coefficient (Wildman–Crippen LogP) is 15.1. The maximum absolute atomic E-state index is 13.9. The molecule has 4 aromatic carbocycles. The monoisotopic (exact) mass is 1820 g/mol. The van der Waals surface area contributed by atoms with E-state index >= 15 is 0 Å². The maximum Gasteiger partial charge on any atom is 0.456 e. The zero-order chi connectivity index (χ0) is 95.3. The van der Waals surface area contributed by atoms with Crippen LogP contribution < -0.4 is 18.9 Å². The molecule has 0 bridgehead atoms. The largest absolute Gasteiger partial charge is 0.493 e. The van der Waals surface area contributed by atoms with Crippen LogP contribution in [0.4, 0.5) is 26.3 Å². The van der Waals surface area contributed by atoms with Crippen LogP contribution in [0, 0.1) is 13.8 Å². The summed E-state index contributed by atoms with van der Waals surface area (Å²) in [4.78, 5) is 106. The summed E-state index contributed by atoms with van der Waals surface area (Å²) < 4.78 is 115. The lowest BCUT2D eigenvalue weighted by molar-refractivity contribution is -0.154. The average molecular weight is 1830 g/mol. The van der Waals surface area contributed by atoms with E-state index in [4.69, 9.17) is 23.7 Å². The number of aliphatic hydroxyl groups is 2. The van der Waals surface area contributed by atoms with E-state index in [9.17, 15) is 70.1 Å². The van der Waals surface area contributed by atoms with E-state index in [1.807, 2.05) is 106 Å². The normalized spacial score (nSPS) is 19.0. The number of aryl methyl sites for hydroxylation is 2. The zero-order valence-electron chi connectivity index (χ0n) is 78.5. The van der Waals surface area contributed by atoms with Gasteiger partial charge in [-0.05, 0) is 280 Å². The molecular weight excluding hydrogens is 1700 g/mol. The number of benzene rings is 4. The number of amides is 4. The molecule has 16 rings (SSSR count). The Hall–Kier alpha value is -10.8. The number of hydrogen-bond donors (Lipinski definition) is 2. The van der Waals surface area contributed by atoms with Gasteiger partial charge in [-0.15, -0.1) is 0 Å². The van der Waals surface area contributed by atoms with Crippen molar-refractivity contribution < 1.29 is 96.7 Å². The van der Waals surface area contributed by atoms with Gasteiger partial charge in [0.1, 0.15) is 11.7 Å². The Labute approximate surface area is 765 Å². The molecule has 8 aliphatic heterocycles. The predicted molar refractivity (Wildman–Crippen MR) is 487 cm³/mol. The van der Waals surface area contributed by atoms with Crippen LogP contribution in [-0.4, -0.2) is 255 Å². The minimum atomic E-state index is -4.92. The summed E-state index contributed by atoms with van der Waals surface area (Å²) in [6, 6.07) is 34.0. The van der Waals surface area contributed by atoms with Gasteiger partial charge in [0, 0.05) is 159 Å². The molecule has 712 valence electrons. The number of ether oxygens (including phenoxy) is 5. The number of carbonyl (C=O) groups excluding carboxylic acids is 7. The average Bonchev–Trinajstić information content (AvgIpc) is 1.56. The first-order chi connectivity index (χ1) is 61.7. The van der Waals surface area contributed by atoms with Gasteiger partial charge in [0.15, 0.2) is 28.8 Å². The lowest BCUT2D eigenvalue weighted by Gasteiger charge is -2.52. The van der Waals surface area contributed by atoms with Crippen molar-refractivity contribution in [2.24, 2.45) is 0 Å². The molecule has 0 aliphatic carbocycles. The third-order valence-corrected chi connectivity index (χ3v) is 28.2. The summed E-state index contributed by atoms with van der Waals surface area (Å²) in [6.45, 7) is 29.3. The molecule has 32 heteroatoms. The molecule has 0 saturated carbocycles. The molecule has 4 fully saturated rings. The number of alkyl halides is 6. The number of fused-ring (bicyclic) bond motifs is 8. The quantitative estimate of drug-likeness (QED) is 0.0550.